The summed E-state index contributed by atoms with van der Waals surface area (Å²) in [4.78, 5) is 24.5. The van der Waals surface area contributed by atoms with Gasteiger partial charge in [-0.2, -0.15) is 0 Å². The normalized spacial score (nSPS) is 21.0. The van der Waals surface area contributed by atoms with Gasteiger partial charge in [-0.25, -0.2) is 13.2 Å². The number of nitrogens with one attached hydrogen (secondary N) is 3. The van der Waals surface area contributed by atoms with Crippen LogP contribution in [0.2, 0.25) is 0 Å². The minimum atomic E-state index is -3.75. The molecule has 0 radical (unpaired) electrons. The van der Waals surface area contributed by atoms with Gasteiger partial charge in [0, 0.05) is 11.6 Å². The van der Waals surface area contributed by atoms with E-state index in [4.69, 9.17) is 10.2 Å². The molecule has 0 heterocycles. The number of carboxylic acid groups (broad SMARTS) is 1. The second-order valence-corrected chi connectivity index (χ2v) is 7.53. The molecule has 1 aromatic carbocycles. The van der Waals surface area contributed by atoms with Crippen LogP contribution in [0.15, 0.2) is 24.3 Å². The molecule has 1 aliphatic carbocycles. The Morgan fingerprint density at radius 3 is 2.17 bits per heavy atom. The van der Waals surface area contributed by atoms with Crippen molar-refractivity contribution in [3.8, 4) is 5.75 Å². The van der Waals surface area contributed by atoms with Gasteiger partial charge in [0.15, 0.2) is 0 Å². The molecule has 24 heavy (non-hydrogen) atoms. The predicted octanol–water partition coefficient (Wildman–Crippen LogP) is 0.535. The summed E-state index contributed by atoms with van der Waals surface area (Å²) < 4.78 is 24.4. The number of benzene rings is 1. The number of phenolic OH excluding ortho intramolecular Hbond substituents is 1. The number of hydrogen-bond acceptors (Lipinski definition) is 5. The molecule has 5 N–H and O–H groups in total. The first kappa shape index (κ1) is 18.0. The average molecular weight is 357 g/mol. The summed E-state index contributed by atoms with van der Waals surface area (Å²) in [6.07, 6.45) is 0.318. The molecule has 0 atom stereocenters. The van der Waals surface area contributed by atoms with Gasteiger partial charge >= 0.3 is 6.09 Å². The molecule has 9 nitrogen and oxygen atoms in total. The van der Waals surface area contributed by atoms with Crippen LogP contribution in [0.1, 0.15) is 36.0 Å². The molecule has 1 saturated carbocycles. The number of carbonyl (C=O) groups is 2. The monoisotopic (exact) mass is 357 g/mol. The van der Waals surface area contributed by atoms with Crippen molar-refractivity contribution < 1.29 is 28.2 Å². The number of hydrazine groups is 1. The summed E-state index contributed by atoms with van der Waals surface area (Å²) >= 11 is 0. The van der Waals surface area contributed by atoms with Crippen molar-refractivity contribution >= 4 is 22.0 Å². The molecule has 0 aliphatic heterocycles. The van der Waals surface area contributed by atoms with Gasteiger partial charge in [-0.15, -0.1) is 4.83 Å². The van der Waals surface area contributed by atoms with Gasteiger partial charge in [0.25, 0.3) is 5.91 Å². The van der Waals surface area contributed by atoms with Crippen LogP contribution in [0.5, 0.6) is 5.75 Å². The minimum Gasteiger partial charge on any atom is -0.508 e. The molecule has 1 aliphatic rings. The van der Waals surface area contributed by atoms with E-state index in [1.807, 2.05) is 0 Å². The van der Waals surface area contributed by atoms with Crippen LogP contribution in [-0.2, 0) is 10.0 Å². The Labute approximate surface area is 139 Å². The fraction of sp³-hybridized carbons (Fsp3) is 0.429. The van der Waals surface area contributed by atoms with Crippen molar-refractivity contribution in [3.63, 3.8) is 0 Å². The SMILES string of the molecule is O=C(O)NC1CCC(S(=O)(=O)NNC(=O)c2ccc(O)cc2)CC1. The molecular formula is C14H19N3O6S. The lowest BCUT2D eigenvalue weighted by Gasteiger charge is -2.28. The van der Waals surface area contributed by atoms with Crippen LogP contribution in [-0.4, -0.2) is 41.9 Å². The first-order chi connectivity index (χ1) is 11.3. The maximum atomic E-state index is 12.2. The van der Waals surface area contributed by atoms with Crippen molar-refractivity contribution in [1.82, 2.24) is 15.6 Å². The fourth-order valence-electron chi connectivity index (χ4n) is 2.58. The predicted molar refractivity (Wildman–Crippen MR) is 84.8 cm³/mol. The number of rotatable bonds is 5. The summed E-state index contributed by atoms with van der Waals surface area (Å²) in [6.45, 7) is 0. The molecule has 2 rings (SSSR count). The van der Waals surface area contributed by atoms with E-state index in [-0.39, 0.29) is 17.4 Å². The zero-order valence-electron chi connectivity index (χ0n) is 12.7. The summed E-state index contributed by atoms with van der Waals surface area (Å²) in [6, 6.07) is 5.12. The van der Waals surface area contributed by atoms with Gasteiger partial charge in [-0.05, 0) is 49.9 Å². The van der Waals surface area contributed by atoms with Crippen LogP contribution in [0.4, 0.5) is 4.79 Å². The van der Waals surface area contributed by atoms with Crippen molar-refractivity contribution in [3.05, 3.63) is 29.8 Å². The summed E-state index contributed by atoms with van der Waals surface area (Å²) in [5.74, 6) is -0.640. The Kier molecular flexibility index (Phi) is 5.62. The quantitative estimate of drug-likeness (QED) is 0.486. The fourth-order valence-corrected chi connectivity index (χ4v) is 3.87. The second kappa shape index (κ2) is 7.49. The maximum Gasteiger partial charge on any atom is 0.404 e. The smallest absolute Gasteiger partial charge is 0.404 e. The zero-order valence-corrected chi connectivity index (χ0v) is 13.5. The molecule has 1 fully saturated rings. The molecule has 0 unspecified atom stereocenters. The number of hydrogen-bond donors (Lipinski definition) is 5. The molecule has 1 aromatic rings. The molecule has 0 bridgehead atoms. The van der Waals surface area contributed by atoms with E-state index in [0.29, 0.717) is 25.7 Å². The molecule has 132 valence electrons. The molecule has 0 saturated heterocycles. The summed E-state index contributed by atoms with van der Waals surface area (Å²) in [5, 5.41) is 19.5. The Bertz CT molecular complexity index is 696. The highest BCUT2D eigenvalue weighted by Gasteiger charge is 2.31. The van der Waals surface area contributed by atoms with E-state index in [1.165, 1.54) is 24.3 Å². The maximum absolute atomic E-state index is 12.2. The number of carbonyl (C=O) groups excluding carboxylic acids is 1. The molecule has 2 amide bonds. The van der Waals surface area contributed by atoms with Gasteiger partial charge in [0.2, 0.25) is 10.0 Å². The second-order valence-electron chi connectivity index (χ2n) is 5.57. The van der Waals surface area contributed by atoms with E-state index >= 15 is 0 Å². The van der Waals surface area contributed by atoms with E-state index in [1.54, 1.807) is 0 Å². The number of phenols is 1. The Morgan fingerprint density at radius 1 is 1.04 bits per heavy atom. The third-order valence-electron chi connectivity index (χ3n) is 3.88. The Hall–Kier alpha value is -2.33. The van der Waals surface area contributed by atoms with Gasteiger partial charge in [-0.3, -0.25) is 10.2 Å². The largest absolute Gasteiger partial charge is 0.508 e. The molecule has 0 aromatic heterocycles. The lowest BCUT2D eigenvalue weighted by molar-refractivity contribution is 0.0944. The van der Waals surface area contributed by atoms with Crippen LogP contribution in [0.3, 0.4) is 0 Å². The van der Waals surface area contributed by atoms with Crippen LogP contribution >= 0.6 is 0 Å². The molecule has 0 spiro atoms. The van der Waals surface area contributed by atoms with Crippen LogP contribution < -0.4 is 15.6 Å². The van der Waals surface area contributed by atoms with Crippen LogP contribution in [0.25, 0.3) is 0 Å². The lowest BCUT2D eigenvalue weighted by Crippen LogP contribution is -2.48. The number of sulfonamides is 1. The number of amides is 2. The van der Waals surface area contributed by atoms with Gasteiger partial charge in [-0.1, -0.05) is 0 Å². The van der Waals surface area contributed by atoms with E-state index in [0.717, 1.165) is 0 Å². The third kappa shape index (κ3) is 4.83. The van der Waals surface area contributed by atoms with Gasteiger partial charge in [0.05, 0.1) is 5.25 Å². The van der Waals surface area contributed by atoms with Crippen molar-refractivity contribution in [2.24, 2.45) is 0 Å². The highest BCUT2D eigenvalue weighted by atomic mass is 32.2. The first-order valence-corrected chi connectivity index (χ1v) is 8.92. The minimum absolute atomic E-state index is 0.00105. The Morgan fingerprint density at radius 2 is 1.62 bits per heavy atom. The first-order valence-electron chi connectivity index (χ1n) is 7.37. The highest BCUT2D eigenvalue weighted by Crippen LogP contribution is 2.23. The summed E-state index contributed by atoms with van der Waals surface area (Å²) in [5.41, 5.74) is 2.33. The van der Waals surface area contributed by atoms with Crippen molar-refractivity contribution in [2.45, 2.75) is 37.0 Å². The van der Waals surface area contributed by atoms with Crippen molar-refractivity contribution in [2.75, 3.05) is 0 Å². The van der Waals surface area contributed by atoms with Crippen LogP contribution in [0, 0.1) is 0 Å². The van der Waals surface area contributed by atoms with E-state index < -0.39 is 27.3 Å². The summed E-state index contributed by atoms with van der Waals surface area (Å²) in [7, 11) is -3.75. The number of aromatic hydroxyl groups is 1. The molecular weight excluding hydrogens is 338 g/mol. The standard InChI is InChI=1S/C14H19N3O6S/c18-11-5-1-9(2-6-11)13(19)16-17-24(22,23)12-7-3-10(4-8-12)15-14(20)21/h1-2,5-6,10,12,15,17-18H,3-4,7-8H2,(H,16,19)(H,20,21). The third-order valence-corrected chi connectivity index (χ3v) is 5.61. The average Bonchev–Trinajstić information content (AvgIpc) is 2.53. The topological polar surface area (TPSA) is 145 Å². The van der Waals surface area contributed by atoms with E-state index in [2.05, 4.69) is 15.6 Å². The Balaban J connectivity index is 1.86. The highest BCUT2D eigenvalue weighted by molar-refractivity contribution is 7.90. The van der Waals surface area contributed by atoms with Gasteiger partial charge < -0.3 is 15.5 Å². The van der Waals surface area contributed by atoms with Crippen molar-refractivity contribution in [1.29, 1.82) is 0 Å². The van der Waals surface area contributed by atoms with Gasteiger partial charge in [0.1, 0.15) is 5.75 Å². The lowest BCUT2D eigenvalue weighted by atomic mass is 9.95. The zero-order chi connectivity index (χ0) is 17.7. The molecule has 10 heteroatoms. The van der Waals surface area contributed by atoms with E-state index in [9.17, 15) is 18.0 Å².